The van der Waals surface area contributed by atoms with Gasteiger partial charge in [-0.1, -0.05) is 57.7 Å². The average Bonchev–Trinajstić information content (AvgIpc) is 3.99. The Labute approximate surface area is 382 Å². The summed E-state index contributed by atoms with van der Waals surface area (Å²) in [5.41, 5.74) is 3.62. The number of amides is 2. The topological polar surface area (TPSA) is 211 Å². The van der Waals surface area contributed by atoms with Gasteiger partial charge in [0.25, 0.3) is 0 Å². The summed E-state index contributed by atoms with van der Waals surface area (Å²) >= 11 is 0. The molecule has 0 saturated heterocycles. The SMILES string of the molecule is CCCCCC(=O)Nc1cccc(CN(Cc2cc(CN(Cc3cccc(NC(=O)CCCCC)n3)Cc3ncc[nH]3)cc(OCCCCCC(=O)CCC(=O)O)c2)Cc2ncc[nH]2)n1. The van der Waals surface area contributed by atoms with Crippen LogP contribution in [0.2, 0.25) is 0 Å². The minimum Gasteiger partial charge on any atom is -0.494 e. The predicted molar refractivity (Wildman–Crippen MR) is 249 cm³/mol. The second-order valence-electron chi connectivity index (χ2n) is 16.5. The summed E-state index contributed by atoms with van der Waals surface area (Å²) in [5.74, 6) is 2.28. The Kier molecular flexibility index (Phi) is 21.3. The molecule has 2 amide bonds. The number of nitrogens with zero attached hydrogens (tertiary/aromatic N) is 6. The Balaban J connectivity index is 1.36. The Bertz CT molecular complexity index is 2070. The number of carboxylic acids is 1. The van der Waals surface area contributed by atoms with Gasteiger partial charge in [-0.15, -0.1) is 0 Å². The van der Waals surface area contributed by atoms with Crippen LogP contribution in [0.4, 0.5) is 11.6 Å². The summed E-state index contributed by atoms with van der Waals surface area (Å²) < 4.78 is 6.42. The number of aromatic amines is 2. The molecule has 0 unspecified atom stereocenters. The van der Waals surface area contributed by atoms with Crippen molar-refractivity contribution in [3.05, 3.63) is 114 Å². The fourth-order valence-corrected chi connectivity index (χ4v) is 7.42. The molecule has 0 aliphatic heterocycles. The Morgan fingerprint density at radius 3 is 1.60 bits per heavy atom. The fourth-order valence-electron chi connectivity index (χ4n) is 7.42. The second kappa shape index (κ2) is 27.8. The predicted octanol–water partition coefficient (Wildman–Crippen LogP) is 8.74. The number of imidazole rings is 2. The van der Waals surface area contributed by atoms with Gasteiger partial charge in [-0.25, -0.2) is 19.9 Å². The van der Waals surface area contributed by atoms with Crippen LogP contribution >= 0.6 is 0 Å². The minimum atomic E-state index is -0.963. The van der Waals surface area contributed by atoms with Gasteiger partial charge in [0, 0.05) is 76.6 Å². The number of unbranched alkanes of at least 4 members (excludes halogenated alkanes) is 6. The summed E-state index contributed by atoms with van der Waals surface area (Å²) in [6, 6.07) is 17.7. The molecule has 5 aromatic rings. The summed E-state index contributed by atoms with van der Waals surface area (Å²) in [6.07, 6.45) is 16.2. The molecule has 348 valence electrons. The van der Waals surface area contributed by atoms with E-state index in [2.05, 4.69) is 72.4 Å². The fraction of sp³-hybridized carbons (Fsp3) is 0.469. The molecule has 0 atom stereocenters. The maximum absolute atomic E-state index is 12.7. The molecule has 4 aromatic heterocycles. The third-order valence-electron chi connectivity index (χ3n) is 10.6. The van der Waals surface area contributed by atoms with Crippen molar-refractivity contribution in [3.8, 4) is 5.75 Å². The van der Waals surface area contributed by atoms with E-state index in [0.717, 1.165) is 85.5 Å². The van der Waals surface area contributed by atoms with Crippen LogP contribution in [0.15, 0.2) is 79.4 Å². The van der Waals surface area contributed by atoms with Crippen molar-refractivity contribution < 1.29 is 29.0 Å². The molecule has 0 radical (unpaired) electrons. The lowest BCUT2D eigenvalue weighted by Crippen LogP contribution is -2.25. The second-order valence-corrected chi connectivity index (χ2v) is 16.5. The molecule has 0 aliphatic carbocycles. The van der Waals surface area contributed by atoms with Gasteiger partial charge in [0.2, 0.25) is 11.8 Å². The number of ketones is 1. The van der Waals surface area contributed by atoms with E-state index in [-0.39, 0.29) is 30.4 Å². The van der Waals surface area contributed by atoms with Crippen LogP contribution in [0.3, 0.4) is 0 Å². The Morgan fingerprint density at radius 2 is 1.12 bits per heavy atom. The van der Waals surface area contributed by atoms with Crippen molar-refractivity contribution in [1.29, 1.82) is 0 Å². The largest absolute Gasteiger partial charge is 0.494 e. The lowest BCUT2D eigenvalue weighted by Gasteiger charge is -2.24. The lowest BCUT2D eigenvalue weighted by atomic mass is 10.1. The number of pyridine rings is 2. The van der Waals surface area contributed by atoms with E-state index in [1.165, 1.54) is 0 Å². The van der Waals surface area contributed by atoms with Crippen LogP contribution in [0.5, 0.6) is 5.75 Å². The van der Waals surface area contributed by atoms with Gasteiger partial charge >= 0.3 is 5.97 Å². The molecular formula is C49H66N10O6. The number of benzene rings is 1. The zero-order chi connectivity index (χ0) is 46.1. The molecule has 0 bridgehead atoms. The highest BCUT2D eigenvalue weighted by Gasteiger charge is 2.17. The molecule has 0 aliphatic rings. The number of anilines is 2. The molecule has 0 spiro atoms. The van der Waals surface area contributed by atoms with Crippen LogP contribution in [-0.4, -0.2) is 75.0 Å². The standard InChI is InChI=1S/C49H66N10O6/c1-3-5-8-19-47(61)56-43-17-12-14-39(54-43)33-58(35-45-50-23-24-51-45)31-37-28-38(30-42(29-37)65-27-11-7-10-16-41(60)21-22-49(63)64)32-59(36-46-52-25-26-53-46)34-40-15-13-18-44(55-40)57-48(62)20-9-6-4-2/h12-15,17-18,23-26,28-30H,3-11,16,19-22,27,31-36H2,1-2H3,(H,50,51)(H,52,53)(H,63,64)(H,54,56,61)(H,55,57,62). The molecule has 16 nitrogen and oxygen atoms in total. The van der Waals surface area contributed by atoms with Gasteiger partial charge in [-0.05, 0) is 79.6 Å². The number of ether oxygens (including phenoxy) is 1. The van der Waals surface area contributed by atoms with Gasteiger partial charge in [0.05, 0.1) is 37.5 Å². The van der Waals surface area contributed by atoms with Crippen molar-refractivity contribution in [2.24, 2.45) is 0 Å². The maximum atomic E-state index is 12.7. The van der Waals surface area contributed by atoms with Crippen LogP contribution in [0.1, 0.15) is 138 Å². The number of H-pyrrole nitrogens is 2. The maximum Gasteiger partial charge on any atom is 0.303 e. The van der Waals surface area contributed by atoms with E-state index >= 15 is 0 Å². The van der Waals surface area contributed by atoms with Crippen molar-refractivity contribution in [2.45, 2.75) is 143 Å². The first-order chi connectivity index (χ1) is 31.6. The van der Waals surface area contributed by atoms with Crippen molar-refractivity contribution in [1.82, 2.24) is 39.7 Å². The van der Waals surface area contributed by atoms with E-state index in [1.54, 1.807) is 24.8 Å². The number of aromatic nitrogens is 6. The van der Waals surface area contributed by atoms with E-state index in [9.17, 15) is 19.2 Å². The molecule has 5 rings (SSSR count). The monoisotopic (exact) mass is 891 g/mol. The smallest absolute Gasteiger partial charge is 0.303 e. The van der Waals surface area contributed by atoms with E-state index in [0.29, 0.717) is 88.9 Å². The first kappa shape index (κ1) is 49.8. The number of rotatable bonds is 32. The highest BCUT2D eigenvalue weighted by molar-refractivity contribution is 5.90. The zero-order valence-electron chi connectivity index (χ0n) is 38.0. The highest BCUT2D eigenvalue weighted by atomic mass is 16.5. The summed E-state index contributed by atoms with van der Waals surface area (Å²) in [6.45, 7) is 7.70. The molecular weight excluding hydrogens is 825 g/mol. The normalized spacial score (nSPS) is 11.3. The van der Waals surface area contributed by atoms with Crippen molar-refractivity contribution in [3.63, 3.8) is 0 Å². The zero-order valence-corrected chi connectivity index (χ0v) is 38.0. The molecule has 1 aromatic carbocycles. The number of carboxylic acid groups (broad SMARTS) is 1. The van der Waals surface area contributed by atoms with Gasteiger partial charge in [0.1, 0.15) is 34.8 Å². The van der Waals surface area contributed by atoms with E-state index in [1.807, 2.05) is 36.4 Å². The Morgan fingerprint density at radius 1 is 0.600 bits per heavy atom. The van der Waals surface area contributed by atoms with Gasteiger partial charge < -0.3 is 30.4 Å². The van der Waals surface area contributed by atoms with E-state index in [4.69, 9.17) is 19.8 Å². The molecule has 0 saturated carbocycles. The molecule has 65 heavy (non-hydrogen) atoms. The third kappa shape index (κ3) is 19.6. The summed E-state index contributed by atoms with van der Waals surface area (Å²) in [4.78, 5) is 77.9. The molecule has 4 heterocycles. The molecule has 16 heteroatoms. The van der Waals surface area contributed by atoms with Crippen molar-refractivity contribution in [2.75, 3.05) is 17.2 Å². The van der Waals surface area contributed by atoms with Crippen LogP contribution < -0.4 is 15.4 Å². The molecule has 0 fully saturated rings. The van der Waals surface area contributed by atoms with Gasteiger partial charge in [-0.2, -0.15) is 0 Å². The third-order valence-corrected chi connectivity index (χ3v) is 10.6. The summed E-state index contributed by atoms with van der Waals surface area (Å²) in [7, 11) is 0. The first-order valence-corrected chi connectivity index (χ1v) is 23.1. The van der Waals surface area contributed by atoms with Gasteiger partial charge in [0.15, 0.2) is 0 Å². The number of aliphatic carboxylic acids is 1. The number of nitrogens with one attached hydrogen (secondary N) is 4. The molecule has 5 N–H and O–H groups in total. The Hall–Kier alpha value is -6.26. The first-order valence-electron chi connectivity index (χ1n) is 23.1. The minimum absolute atomic E-state index is 0.0351. The average molecular weight is 891 g/mol. The number of Topliss-reactive ketones (excluding diaryl/α,β-unsaturated/α-hetero) is 1. The highest BCUT2D eigenvalue weighted by Crippen LogP contribution is 2.24. The van der Waals surface area contributed by atoms with Crippen LogP contribution in [0.25, 0.3) is 0 Å². The number of carbonyl (C=O) groups is 4. The van der Waals surface area contributed by atoms with E-state index < -0.39 is 5.97 Å². The number of hydrogen-bond donors (Lipinski definition) is 5. The van der Waals surface area contributed by atoms with Crippen LogP contribution in [-0.2, 0) is 58.4 Å². The number of carbonyl (C=O) groups excluding carboxylic acids is 3. The summed E-state index contributed by atoms with van der Waals surface area (Å²) in [5, 5.41) is 14.8. The lowest BCUT2D eigenvalue weighted by molar-refractivity contribution is -0.138. The number of hydrogen-bond acceptors (Lipinski definition) is 11. The van der Waals surface area contributed by atoms with Crippen molar-refractivity contribution >= 4 is 35.2 Å². The van der Waals surface area contributed by atoms with Gasteiger partial charge in [-0.3, -0.25) is 29.0 Å². The quantitative estimate of drug-likeness (QED) is 0.0257. The van der Waals surface area contributed by atoms with Crippen LogP contribution in [0, 0.1) is 0 Å².